The molecule has 5 rings (SSSR count). The number of fused-ring (bicyclic) bond motifs is 7. The van der Waals surface area contributed by atoms with Crippen LogP contribution in [0.2, 0.25) is 0 Å². The molecule has 2 N–H and O–H groups in total. The van der Waals surface area contributed by atoms with Crippen LogP contribution >= 0.6 is 0 Å². The second-order valence-electron chi connectivity index (χ2n) is 14.7. The molecule has 0 radical (unpaired) electrons. The third-order valence-corrected chi connectivity index (χ3v) is 13.5. The molecule has 0 aromatic heterocycles. The van der Waals surface area contributed by atoms with Gasteiger partial charge in [-0.05, 0) is 103 Å². The van der Waals surface area contributed by atoms with E-state index in [2.05, 4.69) is 61.5 Å². The van der Waals surface area contributed by atoms with E-state index in [1.807, 2.05) is 0 Å². The summed E-state index contributed by atoms with van der Waals surface area (Å²) in [5.41, 5.74) is 2.34. The molecule has 182 valence electrons. The molecule has 0 aliphatic heterocycles. The molecule has 0 spiro atoms. The molecule has 0 saturated heterocycles. The average molecular weight is 443 g/mol. The van der Waals surface area contributed by atoms with Gasteiger partial charge in [-0.1, -0.05) is 67.0 Å². The van der Waals surface area contributed by atoms with Gasteiger partial charge in [0.1, 0.15) is 0 Å². The van der Waals surface area contributed by atoms with Gasteiger partial charge < -0.3 is 10.2 Å². The highest BCUT2D eigenvalue weighted by Crippen LogP contribution is 2.75. The smallest absolute Gasteiger partial charge is 0.0608 e. The summed E-state index contributed by atoms with van der Waals surface area (Å²) >= 11 is 0. The maximum atomic E-state index is 11.7. The maximum absolute atomic E-state index is 11.7. The van der Waals surface area contributed by atoms with Gasteiger partial charge in [0.05, 0.1) is 12.2 Å². The first-order valence-corrected chi connectivity index (χ1v) is 13.8. The summed E-state index contributed by atoms with van der Waals surface area (Å²) in [7, 11) is 0. The molecular formula is C30H50O2. The van der Waals surface area contributed by atoms with Crippen LogP contribution in [0.4, 0.5) is 0 Å². The molecule has 11 atom stereocenters. The Morgan fingerprint density at radius 2 is 1.44 bits per heavy atom. The predicted octanol–water partition coefficient (Wildman–Crippen LogP) is 7.00. The zero-order valence-corrected chi connectivity index (χ0v) is 22.2. The van der Waals surface area contributed by atoms with Crippen molar-refractivity contribution in [3.05, 3.63) is 11.6 Å². The standard InChI is InChI=1S/C30H50O2/c1-18-11-14-28(6)24(32)17-30(8)20(25(28)19(18)2)9-10-22-27(5)15-13-23(31)26(3,4)21(27)12-16-29(22,30)7/h9,18-19,21-25,31-32H,10-17H2,1-8H3/t18-,19+,21?,22?,23-,24+,25?,27+,28-,29-,30-/m1/s1. The summed E-state index contributed by atoms with van der Waals surface area (Å²) in [5, 5.41) is 22.6. The van der Waals surface area contributed by atoms with Crippen LogP contribution in [0.3, 0.4) is 0 Å². The fourth-order valence-corrected chi connectivity index (χ4v) is 10.9. The van der Waals surface area contributed by atoms with Crippen LogP contribution in [0.1, 0.15) is 107 Å². The Kier molecular flexibility index (Phi) is 5.02. The first-order chi connectivity index (χ1) is 14.7. The lowest BCUT2D eigenvalue weighted by molar-refractivity contribution is -0.215. The quantitative estimate of drug-likeness (QED) is 0.397. The summed E-state index contributed by atoms with van der Waals surface area (Å²) in [5.74, 6) is 3.13. The van der Waals surface area contributed by atoms with Crippen LogP contribution < -0.4 is 0 Å². The third-order valence-electron chi connectivity index (χ3n) is 13.5. The first-order valence-electron chi connectivity index (χ1n) is 13.8. The van der Waals surface area contributed by atoms with Crippen LogP contribution in [-0.4, -0.2) is 22.4 Å². The summed E-state index contributed by atoms with van der Waals surface area (Å²) in [6.45, 7) is 19.7. The van der Waals surface area contributed by atoms with Crippen LogP contribution in [0.25, 0.3) is 0 Å². The highest BCUT2D eigenvalue weighted by atomic mass is 16.3. The Morgan fingerprint density at radius 3 is 2.12 bits per heavy atom. The van der Waals surface area contributed by atoms with Crippen molar-refractivity contribution in [2.75, 3.05) is 0 Å². The van der Waals surface area contributed by atoms with E-state index in [1.54, 1.807) is 5.57 Å². The van der Waals surface area contributed by atoms with E-state index in [4.69, 9.17) is 0 Å². The normalized spacial score (nSPS) is 59.2. The summed E-state index contributed by atoms with van der Waals surface area (Å²) < 4.78 is 0. The highest BCUT2D eigenvalue weighted by molar-refractivity contribution is 5.35. The van der Waals surface area contributed by atoms with Gasteiger partial charge in [0.2, 0.25) is 0 Å². The van der Waals surface area contributed by atoms with Crippen LogP contribution in [0, 0.1) is 56.7 Å². The van der Waals surface area contributed by atoms with E-state index in [9.17, 15) is 10.2 Å². The van der Waals surface area contributed by atoms with Crippen LogP contribution in [0.15, 0.2) is 11.6 Å². The molecule has 2 nitrogen and oxygen atoms in total. The molecule has 0 aromatic carbocycles. The highest BCUT2D eigenvalue weighted by Gasteiger charge is 2.69. The molecule has 3 unspecified atom stereocenters. The zero-order valence-electron chi connectivity index (χ0n) is 22.2. The average Bonchev–Trinajstić information content (AvgIpc) is 2.70. The van der Waals surface area contributed by atoms with E-state index in [1.165, 1.54) is 32.1 Å². The first kappa shape index (κ1) is 23.4. The second-order valence-corrected chi connectivity index (χ2v) is 14.7. The van der Waals surface area contributed by atoms with Gasteiger partial charge in [0, 0.05) is 5.41 Å². The number of rotatable bonds is 0. The van der Waals surface area contributed by atoms with Crippen LogP contribution in [0.5, 0.6) is 0 Å². The van der Waals surface area contributed by atoms with Crippen molar-refractivity contribution in [2.45, 2.75) is 119 Å². The summed E-state index contributed by atoms with van der Waals surface area (Å²) in [6.07, 6.45) is 11.4. The van der Waals surface area contributed by atoms with E-state index >= 15 is 0 Å². The number of aliphatic hydroxyl groups is 2. The van der Waals surface area contributed by atoms with Crippen molar-refractivity contribution in [3.8, 4) is 0 Å². The molecule has 0 heterocycles. The molecule has 4 saturated carbocycles. The van der Waals surface area contributed by atoms with E-state index < -0.39 is 0 Å². The summed E-state index contributed by atoms with van der Waals surface area (Å²) in [4.78, 5) is 0. The fraction of sp³-hybridized carbons (Fsp3) is 0.933. The minimum atomic E-state index is -0.199. The Hall–Kier alpha value is -0.340. The van der Waals surface area contributed by atoms with Crippen molar-refractivity contribution in [1.82, 2.24) is 0 Å². The minimum absolute atomic E-state index is 0.00278. The molecule has 0 amide bonds. The van der Waals surface area contributed by atoms with Gasteiger partial charge in [-0.3, -0.25) is 0 Å². The molecule has 4 fully saturated rings. The van der Waals surface area contributed by atoms with Crippen molar-refractivity contribution in [2.24, 2.45) is 56.7 Å². The van der Waals surface area contributed by atoms with Crippen molar-refractivity contribution >= 4 is 0 Å². The number of hydrogen-bond acceptors (Lipinski definition) is 2. The number of aliphatic hydroxyl groups excluding tert-OH is 2. The lowest BCUT2D eigenvalue weighted by Crippen LogP contribution is -2.66. The van der Waals surface area contributed by atoms with Crippen molar-refractivity contribution < 1.29 is 10.2 Å². The minimum Gasteiger partial charge on any atom is -0.393 e. The molecule has 5 aliphatic carbocycles. The topological polar surface area (TPSA) is 40.5 Å². The third kappa shape index (κ3) is 2.61. The largest absolute Gasteiger partial charge is 0.393 e. The lowest BCUT2D eigenvalue weighted by Gasteiger charge is -2.72. The maximum Gasteiger partial charge on any atom is 0.0608 e. The fourth-order valence-electron chi connectivity index (χ4n) is 10.9. The number of hydrogen-bond donors (Lipinski definition) is 2. The zero-order chi connectivity index (χ0) is 23.5. The van der Waals surface area contributed by atoms with Gasteiger partial charge >= 0.3 is 0 Å². The monoisotopic (exact) mass is 442 g/mol. The Bertz CT molecular complexity index is 814. The van der Waals surface area contributed by atoms with E-state index in [0.29, 0.717) is 23.7 Å². The summed E-state index contributed by atoms with van der Waals surface area (Å²) in [6, 6.07) is 0. The predicted molar refractivity (Wildman–Crippen MR) is 132 cm³/mol. The van der Waals surface area contributed by atoms with Gasteiger partial charge in [-0.25, -0.2) is 0 Å². The lowest BCUT2D eigenvalue weighted by atomic mass is 9.33. The molecular weight excluding hydrogens is 392 g/mol. The second kappa shape index (κ2) is 6.87. The Balaban J connectivity index is 1.61. The van der Waals surface area contributed by atoms with Gasteiger partial charge in [-0.2, -0.15) is 0 Å². The van der Waals surface area contributed by atoms with Crippen molar-refractivity contribution in [3.63, 3.8) is 0 Å². The molecule has 2 heteroatoms. The van der Waals surface area contributed by atoms with E-state index in [0.717, 1.165) is 25.2 Å². The SMILES string of the molecule is C[C@@H]1CC[C@@]2(C)C(C3=CCC4[C@@]5(C)CC[C@@H](O)C(C)(C)C5CC[C@@]4(C)[C@]3(C)C[C@@H]2O)[C@H]1C. The molecule has 0 aromatic rings. The number of allylic oxidation sites excluding steroid dienone is 2. The Labute approximate surface area is 197 Å². The molecule has 5 aliphatic rings. The van der Waals surface area contributed by atoms with Gasteiger partial charge in [0.15, 0.2) is 0 Å². The molecule has 32 heavy (non-hydrogen) atoms. The Morgan fingerprint density at radius 1 is 0.781 bits per heavy atom. The van der Waals surface area contributed by atoms with Gasteiger partial charge in [0.25, 0.3) is 0 Å². The van der Waals surface area contributed by atoms with Crippen LogP contribution in [-0.2, 0) is 0 Å². The van der Waals surface area contributed by atoms with Gasteiger partial charge in [-0.15, -0.1) is 0 Å². The molecule has 0 bridgehead atoms. The van der Waals surface area contributed by atoms with E-state index in [-0.39, 0.29) is 39.3 Å². The van der Waals surface area contributed by atoms with Crippen molar-refractivity contribution in [1.29, 1.82) is 0 Å².